The molecule has 0 aliphatic heterocycles. The first kappa shape index (κ1) is 15.5. The van der Waals surface area contributed by atoms with Gasteiger partial charge in [-0.25, -0.2) is 0 Å². The first-order valence-corrected chi connectivity index (χ1v) is 8.07. The number of aromatic amines is 1. The van der Waals surface area contributed by atoms with E-state index in [0.29, 0.717) is 10.9 Å². The molecule has 1 amide bonds. The Bertz CT molecular complexity index is 898. The van der Waals surface area contributed by atoms with Crippen molar-refractivity contribution in [2.75, 3.05) is 6.54 Å². The molecule has 23 heavy (non-hydrogen) atoms. The number of H-pyrrole nitrogens is 1. The van der Waals surface area contributed by atoms with Crippen LogP contribution in [0.3, 0.4) is 0 Å². The van der Waals surface area contributed by atoms with E-state index in [1.807, 2.05) is 16.8 Å². The van der Waals surface area contributed by atoms with Crippen LogP contribution in [0.25, 0.3) is 10.9 Å². The van der Waals surface area contributed by atoms with Crippen LogP contribution in [0.2, 0.25) is 0 Å². The highest BCUT2D eigenvalue weighted by molar-refractivity contribution is 7.08. The average Bonchev–Trinajstić information content (AvgIpc) is 3.09. The molecule has 5 nitrogen and oxygen atoms in total. The number of pyridine rings is 1. The lowest BCUT2D eigenvalue weighted by Gasteiger charge is -2.22. The van der Waals surface area contributed by atoms with Gasteiger partial charge in [-0.2, -0.15) is 11.3 Å². The molecular formula is C17H16N2O3S. The van der Waals surface area contributed by atoms with Crippen molar-refractivity contribution in [3.8, 4) is 0 Å². The SMILES string of the molecule is CC(O)(CNC(=O)c1c[nH]c2ccccc2c1=O)c1ccsc1. The van der Waals surface area contributed by atoms with Crippen LogP contribution < -0.4 is 10.7 Å². The lowest BCUT2D eigenvalue weighted by molar-refractivity contribution is 0.0529. The van der Waals surface area contributed by atoms with Crippen LogP contribution >= 0.6 is 11.3 Å². The molecule has 0 fully saturated rings. The highest BCUT2D eigenvalue weighted by atomic mass is 32.1. The van der Waals surface area contributed by atoms with Gasteiger partial charge in [-0.3, -0.25) is 9.59 Å². The Morgan fingerprint density at radius 3 is 2.87 bits per heavy atom. The van der Waals surface area contributed by atoms with E-state index in [1.54, 1.807) is 31.2 Å². The van der Waals surface area contributed by atoms with Crippen molar-refractivity contribution in [2.45, 2.75) is 12.5 Å². The number of aromatic nitrogens is 1. The topological polar surface area (TPSA) is 82.2 Å². The van der Waals surface area contributed by atoms with E-state index in [0.717, 1.165) is 5.56 Å². The van der Waals surface area contributed by atoms with Gasteiger partial charge >= 0.3 is 0 Å². The van der Waals surface area contributed by atoms with Gasteiger partial charge in [0.05, 0.1) is 6.54 Å². The number of para-hydroxylation sites is 1. The summed E-state index contributed by atoms with van der Waals surface area (Å²) in [4.78, 5) is 27.6. The maximum atomic E-state index is 12.4. The molecule has 0 saturated heterocycles. The Balaban J connectivity index is 1.82. The fourth-order valence-electron chi connectivity index (χ4n) is 2.36. The first-order valence-electron chi connectivity index (χ1n) is 7.13. The van der Waals surface area contributed by atoms with Crippen molar-refractivity contribution >= 4 is 28.1 Å². The summed E-state index contributed by atoms with van der Waals surface area (Å²) in [6.45, 7) is 1.65. The van der Waals surface area contributed by atoms with Gasteiger partial charge in [-0.05, 0) is 41.4 Å². The Morgan fingerprint density at radius 1 is 1.35 bits per heavy atom. The van der Waals surface area contributed by atoms with Gasteiger partial charge in [-0.15, -0.1) is 0 Å². The van der Waals surface area contributed by atoms with E-state index < -0.39 is 11.5 Å². The molecule has 3 N–H and O–H groups in total. The van der Waals surface area contributed by atoms with E-state index in [1.165, 1.54) is 17.5 Å². The molecule has 3 aromatic rings. The highest BCUT2D eigenvalue weighted by Crippen LogP contribution is 2.22. The minimum absolute atomic E-state index is 0.0227. The third-order valence-corrected chi connectivity index (χ3v) is 4.45. The van der Waals surface area contributed by atoms with Crippen LogP contribution in [0, 0.1) is 0 Å². The monoisotopic (exact) mass is 328 g/mol. The second-order valence-electron chi connectivity index (χ2n) is 5.55. The Hall–Kier alpha value is -2.44. The molecule has 1 aromatic carbocycles. The summed E-state index contributed by atoms with van der Waals surface area (Å²) >= 11 is 1.47. The van der Waals surface area contributed by atoms with E-state index in [-0.39, 0.29) is 17.5 Å². The maximum Gasteiger partial charge on any atom is 0.256 e. The van der Waals surface area contributed by atoms with Gasteiger partial charge in [0.15, 0.2) is 0 Å². The first-order chi connectivity index (χ1) is 11.0. The van der Waals surface area contributed by atoms with Crippen LogP contribution in [-0.4, -0.2) is 22.5 Å². The highest BCUT2D eigenvalue weighted by Gasteiger charge is 2.25. The molecule has 2 heterocycles. The molecule has 3 rings (SSSR count). The average molecular weight is 328 g/mol. The van der Waals surface area contributed by atoms with Gasteiger partial charge in [0.1, 0.15) is 11.2 Å². The largest absolute Gasteiger partial charge is 0.384 e. The second-order valence-corrected chi connectivity index (χ2v) is 6.33. The summed E-state index contributed by atoms with van der Waals surface area (Å²) < 4.78 is 0. The summed E-state index contributed by atoms with van der Waals surface area (Å²) in [7, 11) is 0. The van der Waals surface area contributed by atoms with Gasteiger partial charge in [0, 0.05) is 17.1 Å². The second kappa shape index (κ2) is 5.98. The number of nitrogens with one attached hydrogen (secondary N) is 2. The summed E-state index contributed by atoms with van der Waals surface area (Å²) in [6.07, 6.45) is 1.40. The number of amides is 1. The fraction of sp³-hybridized carbons (Fsp3) is 0.176. The normalized spacial score (nSPS) is 13.7. The number of hydrogen-bond acceptors (Lipinski definition) is 4. The van der Waals surface area contributed by atoms with Crippen LogP contribution in [0.15, 0.2) is 52.1 Å². The Morgan fingerprint density at radius 2 is 2.13 bits per heavy atom. The van der Waals surface area contributed by atoms with Crippen molar-refractivity contribution < 1.29 is 9.90 Å². The summed E-state index contributed by atoms with van der Waals surface area (Å²) in [5, 5.41) is 17.2. The van der Waals surface area contributed by atoms with Crippen molar-refractivity contribution in [2.24, 2.45) is 0 Å². The van der Waals surface area contributed by atoms with E-state index in [2.05, 4.69) is 10.3 Å². The van der Waals surface area contributed by atoms with E-state index >= 15 is 0 Å². The number of hydrogen-bond donors (Lipinski definition) is 3. The van der Waals surface area contributed by atoms with Crippen molar-refractivity contribution in [1.29, 1.82) is 0 Å². The van der Waals surface area contributed by atoms with E-state index in [9.17, 15) is 14.7 Å². The van der Waals surface area contributed by atoms with Crippen LogP contribution in [0.4, 0.5) is 0 Å². The van der Waals surface area contributed by atoms with Crippen LogP contribution in [0.5, 0.6) is 0 Å². The molecule has 1 unspecified atom stereocenters. The molecule has 6 heteroatoms. The number of thiophene rings is 1. The molecule has 2 aromatic heterocycles. The molecule has 0 aliphatic carbocycles. The molecule has 1 atom stereocenters. The lowest BCUT2D eigenvalue weighted by atomic mass is 9.99. The standard InChI is InChI=1S/C17H16N2O3S/c1-17(22,11-6-7-23-9-11)10-19-16(21)13-8-18-14-5-3-2-4-12(14)15(13)20/h2-9,22H,10H2,1H3,(H,18,20)(H,19,21). The van der Waals surface area contributed by atoms with Crippen molar-refractivity contribution in [1.82, 2.24) is 10.3 Å². The predicted molar refractivity (Wildman–Crippen MR) is 90.8 cm³/mol. The van der Waals surface area contributed by atoms with E-state index in [4.69, 9.17) is 0 Å². The third kappa shape index (κ3) is 3.04. The molecule has 0 saturated carbocycles. The molecule has 0 spiro atoms. The maximum absolute atomic E-state index is 12.4. The number of carbonyl (C=O) groups excluding carboxylic acids is 1. The number of rotatable bonds is 4. The minimum Gasteiger partial charge on any atom is -0.384 e. The quantitative estimate of drug-likeness (QED) is 0.687. The lowest BCUT2D eigenvalue weighted by Crippen LogP contribution is -2.39. The summed E-state index contributed by atoms with van der Waals surface area (Å²) in [5.41, 5.74) is -0.0643. The zero-order valence-electron chi connectivity index (χ0n) is 12.5. The molecule has 118 valence electrons. The number of benzene rings is 1. The smallest absolute Gasteiger partial charge is 0.256 e. The van der Waals surface area contributed by atoms with Crippen LogP contribution in [0.1, 0.15) is 22.8 Å². The molecular weight excluding hydrogens is 312 g/mol. The van der Waals surface area contributed by atoms with Gasteiger partial charge in [0.2, 0.25) is 5.43 Å². The van der Waals surface area contributed by atoms with Gasteiger partial charge in [-0.1, -0.05) is 12.1 Å². The van der Waals surface area contributed by atoms with Crippen LogP contribution in [-0.2, 0) is 5.60 Å². The number of carbonyl (C=O) groups is 1. The summed E-state index contributed by atoms with van der Waals surface area (Å²) in [6, 6.07) is 8.82. The summed E-state index contributed by atoms with van der Waals surface area (Å²) in [5.74, 6) is -0.507. The zero-order chi connectivity index (χ0) is 16.4. The number of aliphatic hydroxyl groups is 1. The Labute approximate surface area is 136 Å². The van der Waals surface area contributed by atoms with Gasteiger partial charge in [0.25, 0.3) is 5.91 Å². The fourth-order valence-corrected chi connectivity index (χ4v) is 3.14. The minimum atomic E-state index is -1.18. The molecule has 0 radical (unpaired) electrons. The molecule has 0 aliphatic rings. The Kier molecular flexibility index (Phi) is 4.02. The molecule has 0 bridgehead atoms. The van der Waals surface area contributed by atoms with Crippen molar-refractivity contribution in [3.05, 3.63) is 68.6 Å². The zero-order valence-corrected chi connectivity index (χ0v) is 13.3. The van der Waals surface area contributed by atoms with Gasteiger partial charge < -0.3 is 15.4 Å². The van der Waals surface area contributed by atoms with Crippen molar-refractivity contribution in [3.63, 3.8) is 0 Å². The third-order valence-electron chi connectivity index (χ3n) is 3.77. The predicted octanol–water partition coefficient (Wildman–Crippen LogP) is 2.23. The number of fused-ring (bicyclic) bond motifs is 1.